The summed E-state index contributed by atoms with van der Waals surface area (Å²) in [6.45, 7) is 6.28. The Morgan fingerprint density at radius 3 is 2.52 bits per heavy atom. The van der Waals surface area contributed by atoms with Gasteiger partial charge in [-0.05, 0) is 24.6 Å². The Kier molecular flexibility index (Phi) is 7.55. The van der Waals surface area contributed by atoms with Gasteiger partial charge in [-0.15, -0.1) is 0 Å². The molecule has 1 aliphatic heterocycles. The molecule has 0 spiro atoms. The molecule has 0 unspecified atom stereocenters. The molecule has 2 aromatic rings. The minimum absolute atomic E-state index is 0.0345. The van der Waals surface area contributed by atoms with Crippen LogP contribution in [-0.2, 0) is 0 Å². The van der Waals surface area contributed by atoms with Crippen LogP contribution in [0.3, 0.4) is 0 Å². The smallest absolute Gasteiger partial charge is 0.254 e. The first-order chi connectivity index (χ1) is 14.1. The number of benzene rings is 2. The lowest BCUT2D eigenvalue weighted by molar-refractivity contribution is 0.0650. The van der Waals surface area contributed by atoms with Gasteiger partial charge in [0.25, 0.3) is 5.91 Å². The highest BCUT2D eigenvalue weighted by atomic mass is 35.5. The summed E-state index contributed by atoms with van der Waals surface area (Å²) in [5.74, 6) is 0.920. The van der Waals surface area contributed by atoms with Crippen LogP contribution in [0.4, 0.5) is 0 Å². The molecule has 1 saturated heterocycles. The van der Waals surface area contributed by atoms with E-state index in [-0.39, 0.29) is 5.91 Å². The lowest BCUT2D eigenvalue weighted by Gasteiger charge is -2.34. The number of amides is 1. The monoisotopic (exact) mass is 414 g/mol. The van der Waals surface area contributed by atoms with Gasteiger partial charge in [-0.3, -0.25) is 9.69 Å². The fourth-order valence-electron chi connectivity index (χ4n) is 3.35. The molecule has 1 aliphatic rings. The maximum absolute atomic E-state index is 12.9. The number of carbonyl (C=O) groups excluding carboxylic acids is 1. The predicted molar refractivity (Wildman–Crippen MR) is 117 cm³/mol. The molecule has 29 heavy (non-hydrogen) atoms. The first-order valence-corrected chi connectivity index (χ1v) is 10.2. The Balaban J connectivity index is 1.57. The van der Waals surface area contributed by atoms with Gasteiger partial charge in [0.1, 0.15) is 0 Å². The van der Waals surface area contributed by atoms with Crippen molar-refractivity contribution in [3.63, 3.8) is 0 Å². The van der Waals surface area contributed by atoms with Crippen LogP contribution in [0.2, 0.25) is 5.02 Å². The van der Waals surface area contributed by atoms with E-state index in [2.05, 4.69) is 29.2 Å². The number of ether oxygens (including phenoxy) is 2. The Hall–Kier alpha value is -2.50. The molecular formula is C23H27ClN2O3. The zero-order valence-electron chi connectivity index (χ0n) is 16.9. The molecule has 1 heterocycles. The molecule has 5 nitrogen and oxygen atoms in total. The van der Waals surface area contributed by atoms with E-state index in [1.165, 1.54) is 5.56 Å². The Morgan fingerprint density at radius 2 is 1.86 bits per heavy atom. The lowest BCUT2D eigenvalue weighted by Crippen LogP contribution is -2.48. The van der Waals surface area contributed by atoms with Crippen molar-refractivity contribution in [1.82, 2.24) is 9.80 Å². The first-order valence-electron chi connectivity index (χ1n) is 9.86. The van der Waals surface area contributed by atoms with E-state index < -0.39 is 0 Å². The molecule has 0 bridgehead atoms. The summed E-state index contributed by atoms with van der Waals surface area (Å²) in [6, 6.07) is 13.6. The number of hydrogen-bond acceptors (Lipinski definition) is 4. The SMILES string of the molecule is CCOc1c(Cl)cc(C(=O)N2CCN(C/C=C/c3ccccc3)CC2)cc1OC. The number of hydrogen-bond donors (Lipinski definition) is 0. The largest absolute Gasteiger partial charge is 0.493 e. The third-order valence-electron chi connectivity index (χ3n) is 4.90. The van der Waals surface area contributed by atoms with Crippen LogP contribution in [0.25, 0.3) is 6.08 Å². The fourth-order valence-corrected chi connectivity index (χ4v) is 3.61. The molecule has 154 valence electrons. The van der Waals surface area contributed by atoms with E-state index in [1.807, 2.05) is 30.0 Å². The van der Waals surface area contributed by atoms with Crippen molar-refractivity contribution >= 4 is 23.6 Å². The maximum Gasteiger partial charge on any atom is 0.254 e. The van der Waals surface area contributed by atoms with Gasteiger partial charge in [-0.1, -0.05) is 54.1 Å². The van der Waals surface area contributed by atoms with Crippen molar-refractivity contribution in [3.8, 4) is 11.5 Å². The van der Waals surface area contributed by atoms with Crippen LogP contribution < -0.4 is 9.47 Å². The van der Waals surface area contributed by atoms with Gasteiger partial charge in [0.05, 0.1) is 18.7 Å². The Morgan fingerprint density at radius 1 is 1.14 bits per heavy atom. The van der Waals surface area contributed by atoms with E-state index >= 15 is 0 Å². The van der Waals surface area contributed by atoms with E-state index in [9.17, 15) is 4.79 Å². The van der Waals surface area contributed by atoms with E-state index in [1.54, 1.807) is 19.2 Å². The molecule has 1 fully saturated rings. The molecule has 0 saturated carbocycles. The number of rotatable bonds is 7. The summed E-state index contributed by atoms with van der Waals surface area (Å²) in [5.41, 5.74) is 1.72. The van der Waals surface area contributed by atoms with Gasteiger partial charge in [-0.25, -0.2) is 0 Å². The van der Waals surface area contributed by atoms with Crippen molar-refractivity contribution in [2.75, 3.05) is 46.4 Å². The number of piperazine rings is 1. The normalized spacial score (nSPS) is 14.9. The second-order valence-electron chi connectivity index (χ2n) is 6.83. The topological polar surface area (TPSA) is 42.0 Å². The highest BCUT2D eigenvalue weighted by Crippen LogP contribution is 2.36. The van der Waals surface area contributed by atoms with Crippen LogP contribution in [0.1, 0.15) is 22.8 Å². The minimum Gasteiger partial charge on any atom is -0.493 e. The second kappa shape index (κ2) is 10.3. The summed E-state index contributed by atoms with van der Waals surface area (Å²) >= 11 is 6.31. The van der Waals surface area contributed by atoms with Crippen LogP contribution >= 0.6 is 11.6 Å². The van der Waals surface area contributed by atoms with Gasteiger partial charge >= 0.3 is 0 Å². The molecule has 3 rings (SSSR count). The maximum atomic E-state index is 12.9. The average Bonchev–Trinajstić information content (AvgIpc) is 2.76. The minimum atomic E-state index is -0.0345. The molecule has 0 atom stereocenters. The quantitative estimate of drug-likeness (QED) is 0.680. The number of nitrogens with zero attached hydrogens (tertiary/aromatic N) is 2. The molecule has 0 aliphatic carbocycles. The molecule has 1 amide bonds. The van der Waals surface area contributed by atoms with Crippen molar-refractivity contribution in [1.29, 1.82) is 0 Å². The molecule has 0 N–H and O–H groups in total. The standard InChI is InChI=1S/C23H27ClN2O3/c1-3-29-22-20(24)16-19(17-21(22)28-2)23(27)26-14-12-25(13-15-26)11-7-10-18-8-5-4-6-9-18/h4-10,16-17H,3,11-15H2,1-2H3/b10-7+. The predicted octanol–water partition coefficient (Wildman–Crippen LogP) is 4.22. The second-order valence-corrected chi connectivity index (χ2v) is 7.24. The van der Waals surface area contributed by atoms with E-state index in [0.717, 1.165) is 19.6 Å². The summed E-state index contributed by atoms with van der Waals surface area (Å²) in [5, 5.41) is 0.388. The number of halogens is 1. The van der Waals surface area contributed by atoms with Gasteiger partial charge < -0.3 is 14.4 Å². The average molecular weight is 415 g/mol. The van der Waals surface area contributed by atoms with E-state index in [0.29, 0.717) is 41.8 Å². The highest BCUT2D eigenvalue weighted by molar-refractivity contribution is 6.32. The van der Waals surface area contributed by atoms with Crippen LogP contribution in [0.15, 0.2) is 48.5 Å². The highest BCUT2D eigenvalue weighted by Gasteiger charge is 2.23. The van der Waals surface area contributed by atoms with Crippen LogP contribution in [-0.4, -0.2) is 62.1 Å². The molecule has 2 aromatic carbocycles. The number of methoxy groups -OCH3 is 1. The van der Waals surface area contributed by atoms with Crippen molar-refractivity contribution in [2.45, 2.75) is 6.92 Å². The van der Waals surface area contributed by atoms with Gasteiger partial charge in [0.15, 0.2) is 11.5 Å². The lowest BCUT2D eigenvalue weighted by atomic mass is 10.1. The Bertz CT molecular complexity index is 847. The Labute approximate surface area is 177 Å². The van der Waals surface area contributed by atoms with Gasteiger partial charge in [0.2, 0.25) is 0 Å². The summed E-state index contributed by atoms with van der Waals surface area (Å²) in [6.07, 6.45) is 4.30. The third-order valence-corrected chi connectivity index (χ3v) is 5.18. The molecular weight excluding hydrogens is 388 g/mol. The van der Waals surface area contributed by atoms with Crippen molar-refractivity contribution in [2.24, 2.45) is 0 Å². The van der Waals surface area contributed by atoms with Gasteiger partial charge in [-0.2, -0.15) is 0 Å². The van der Waals surface area contributed by atoms with Crippen molar-refractivity contribution in [3.05, 3.63) is 64.7 Å². The fraction of sp³-hybridized carbons (Fsp3) is 0.348. The first kappa shape index (κ1) is 21.2. The molecule has 0 radical (unpaired) electrons. The van der Waals surface area contributed by atoms with Gasteiger partial charge in [0, 0.05) is 38.3 Å². The zero-order valence-corrected chi connectivity index (χ0v) is 17.7. The van der Waals surface area contributed by atoms with Crippen LogP contribution in [0.5, 0.6) is 11.5 Å². The third kappa shape index (κ3) is 5.52. The zero-order chi connectivity index (χ0) is 20.6. The summed E-state index contributed by atoms with van der Waals surface area (Å²) in [7, 11) is 1.55. The van der Waals surface area contributed by atoms with E-state index in [4.69, 9.17) is 21.1 Å². The number of carbonyl (C=O) groups is 1. The summed E-state index contributed by atoms with van der Waals surface area (Å²) in [4.78, 5) is 17.1. The summed E-state index contributed by atoms with van der Waals surface area (Å²) < 4.78 is 10.9. The van der Waals surface area contributed by atoms with Crippen molar-refractivity contribution < 1.29 is 14.3 Å². The molecule has 6 heteroatoms. The molecule has 0 aromatic heterocycles. The van der Waals surface area contributed by atoms with Crippen LogP contribution in [0, 0.1) is 0 Å².